The van der Waals surface area contributed by atoms with Gasteiger partial charge < -0.3 is 5.32 Å². The van der Waals surface area contributed by atoms with E-state index in [0.29, 0.717) is 5.92 Å². The zero-order valence-corrected chi connectivity index (χ0v) is 14.8. The van der Waals surface area contributed by atoms with E-state index in [0.717, 1.165) is 34.1 Å². The predicted octanol–water partition coefficient (Wildman–Crippen LogP) is 4.98. The molecule has 1 saturated carbocycles. The van der Waals surface area contributed by atoms with Crippen LogP contribution in [0.1, 0.15) is 70.5 Å². The molecule has 112 valence electrons. The smallest absolute Gasteiger partial charge is 0.143 e. The van der Waals surface area contributed by atoms with Gasteiger partial charge in [-0.15, -0.1) is 0 Å². The van der Waals surface area contributed by atoms with Gasteiger partial charge in [-0.3, -0.25) is 0 Å². The third-order valence-corrected chi connectivity index (χ3v) is 5.00. The summed E-state index contributed by atoms with van der Waals surface area (Å²) < 4.78 is 1.12. The first-order chi connectivity index (χ1) is 9.74. The first-order valence-electron chi connectivity index (χ1n) is 8.00. The molecule has 0 aromatic carbocycles. The highest BCUT2D eigenvalue weighted by atomic mass is 127. The predicted molar refractivity (Wildman–Crippen MR) is 93.1 cm³/mol. The lowest BCUT2D eigenvalue weighted by atomic mass is 9.80. The highest BCUT2D eigenvalue weighted by Gasteiger charge is 2.24. The molecule has 2 rings (SSSR count). The molecule has 3 nitrogen and oxygen atoms in total. The molecule has 1 N–H and O–H groups in total. The maximum atomic E-state index is 4.77. The van der Waals surface area contributed by atoms with Crippen molar-refractivity contribution in [2.24, 2.45) is 5.92 Å². The molecular formula is C16H26IN3. The summed E-state index contributed by atoms with van der Waals surface area (Å²) in [5.74, 6) is 3.59. The highest BCUT2D eigenvalue weighted by Crippen LogP contribution is 2.36. The maximum absolute atomic E-state index is 4.77. The number of nitrogens with one attached hydrogen (secondary N) is 1. The zero-order valence-electron chi connectivity index (χ0n) is 12.7. The van der Waals surface area contributed by atoms with E-state index in [1.807, 2.05) is 6.20 Å². The molecule has 1 aliphatic rings. The summed E-state index contributed by atoms with van der Waals surface area (Å²) in [6.07, 6.45) is 11.0. The zero-order chi connectivity index (χ0) is 14.4. The number of anilines is 1. The van der Waals surface area contributed by atoms with E-state index in [4.69, 9.17) is 4.98 Å². The molecule has 1 heterocycles. The van der Waals surface area contributed by atoms with Gasteiger partial charge in [0, 0.05) is 18.7 Å². The highest BCUT2D eigenvalue weighted by molar-refractivity contribution is 14.1. The minimum Gasteiger partial charge on any atom is -0.369 e. The summed E-state index contributed by atoms with van der Waals surface area (Å²) in [5, 5.41) is 3.41. The Bertz CT molecular complexity index is 414. The van der Waals surface area contributed by atoms with E-state index < -0.39 is 0 Å². The van der Waals surface area contributed by atoms with Crippen LogP contribution in [0.4, 0.5) is 5.82 Å². The molecule has 0 saturated heterocycles. The van der Waals surface area contributed by atoms with Gasteiger partial charge >= 0.3 is 0 Å². The number of hydrogen-bond donors (Lipinski definition) is 1. The van der Waals surface area contributed by atoms with Crippen LogP contribution in [0.25, 0.3) is 0 Å². The molecule has 0 bridgehead atoms. The molecule has 0 spiro atoms. The van der Waals surface area contributed by atoms with Crippen LogP contribution in [0.5, 0.6) is 0 Å². The molecule has 1 aromatic heterocycles. The molecule has 1 fully saturated rings. The van der Waals surface area contributed by atoms with Crippen molar-refractivity contribution >= 4 is 28.4 Å². The molecule has 0 atom stereocenters. The molecule has 0 radical (unpaired) electrons. The Morgan fingerprint density at radius 2 is 1.95 bits per heavy atom. The molecule has 4 heteroatoms. The van der Waals surface area contributed by atoms with Crippen LogP contribution < -0.4 is 5.32 Å². The van der Waals surface area contributed by atoms with Crippen LogP contribution >= 0.6 is 22.6 Å². The lowest BCUT2D eigenvalue weighted by molar-refractivity contribution is 0.302. The Morgan fingerprint density at radius 3 is 2.60 bits per heavy atom. The molecule has 1 aliphatic carbocycles. The second-order valence-corrected chi connectivity index (χ2v) is 7.02. The van der Waals surface area contributed by atoms with Gasteiger partial charge in [0.1, 0.15) is 11.6 Å². The van der Waals surface area contributed by atoms with Crippen molar-refractivity contribution in [3.8, 4) is 0 Å². The number of nitrogens with zero attached hydrogens (tertiary/aromatic N) is 2. The molecule has 20 heavy (non-hydrogen) atoms. The minimum atomic E-state index is 0.572. The van der Waals surface area contributed by atoms with E-state index in [-0.39, 0.29) is 0 Å². The number of halogens is 1. The second-order valence-electron chi connectivity index (χ2n) is 5.86. The average molecular weight is 387 g/mol. The van der Waals surface area contributed by atoms with Gasteiger partial charge in [0.25, 0.3) is 0 Å². The van der Waals surface area contributed by atoms with Gasteiger partial charge in [0.2, 0.25) is 0 Å². The first-order valence-corrected chi connectivity index (χ1v) is 9.08. The fraction of sp³-hybridized carbons (Fsp3) is 0.750. The van der Waals surface area contributed by atoms with Crippen LogP contribution in [-0.4, -0.2) is 16.5 Å². The van der Waals surface area contributed by atoms with E-state index in [2.05, 4.69) is 46.7 Å². The average Bonchev–Trinajstić information content (AvgIpc) is 2.48. The van der Waals surface area contributed by atoms with Gasteiger partial charge in [0.15, 0.2) is 0 Å². The fourth-order valence-corrected chi connectivity index (χ4v) is 3.51. The third-order valence-electron chi connectivity index (χ3n) is 4.21. The summed E-state index contributed by atoms with van der Waals surface area (Å²) in [4.78, 5) is 9.36. The topological polar surface area (TPSA) is 37.8 Å². The van der Waals surface area contributed by atoms with Gasteiger partial charge in [-0.1, -0.05) is 26.7 Å². The summed E-state index contributed by atoms with van der Waals surface area (Å²) >= 11 is 2.31. The summed E-state index contributed by atoms with van der Waals surface area (Å²) in [6.45, 7) is 5.45. The second kappa shape index (κ2) is 8.15. The summed E-state index contributed by atoms with van der Waals surface area (Å²) in [7, 11) is 0. The van der Waals surface area contributed by atoms with Crippen molar-refractivity contribution in [1.29, 1.82) is 0 Å². The van der Waals surface area contributed by atoms with Gasteiger partial charge in [-0.25, -0.2) is 9.97 Å². The van der Waals surface area contributed by atoms with E-state index >= 15 is 0 Å². The largest absolute Gasteiger partial charge is 0.369 e. The Kier molecular flexibility index (Phi) is 6.52. The van der Waals surface area contributed by atoms with Crippen molar-refractivity contribution in [3.05, 3.63) is 15.6 Å². The van der Waals surface area contributed by atoms with Crippen molar-refractivity contribution in [3.63, 3.8) is 0 Å². The SMILES string of the molecule is CCCNc1nc(C2CCC(CCC)CC2)ncc1I. The number of aromatic nitrogens is 2. The molecule has 1 aromatic rings. The van der Waals surface area contributed by atoms with Crippen molar-refractivity contribution in [2.75, 3.05) is 11.9 Å². The van der Waals surface area contributed by atoms with Crippen molar-refractivity contribution in [2.45, 2.75) is 64.7 Å². The standard InChI is InChI=1S/C16H26IN3/c1-3-5-12-6-8-13(9-7-12)15-19-11-14(17)16(20-15)18-10-4-2/h11-13H,3-10H2,1-2H3,(H,18,19,20). The molecule has 0 unspecified atom stereocenters. The van der Waals surface area contributed by atoms with Crippen LogP contribution in [0, 0.1) is 9.49 Å². The van der Waals surface area contributed by atoms with E-state index in [9.17, 15) is 0 Å². The Hall–Kier alpha value is -0.390. The normalized spacial score (nSPS) is 22.8. The fourth-order valence-electron chi connectivity index (χ4n) is 3.06. The van der Waals surface area contributed by atoms with Crippen LogP contribution in [0.2, 0.25) is 0 Å². The maximum Gasteiger partial charge on any atom is 0.143 e. The monoisotopic (exact) mass is 387 g/mol. The van der Waals surface area contributed by atoms with Gasteiger partial charge in [0.05, 0.1) is 3.57 Å². The quantitative estimate of drug-likeness (QED) is 0.700. The Balaban J connectivity index is 1.99. The molecule has 0 amide bonds. The lowest BCUT2D eigenvalue weighted by Crippen LogP contribution is -2.16. The lowest BCUT2D eigenvalue weighted by Gasteiger charge is -2.27. The van der Waals surface area contributed by atoms with Crippen LogP contribution in [0.3, 0.4) is 0 Å². The number of rotatable bonds is 6. The Labute approximate surface area is 136 Å². The van der Waals surface area contributed by atoms with Crippen LogP contribution in [0.15, 0.2) is 6.20 Å². The summed E-state index contributed by atoms with van der Waals surface area (Å²) in [6, 6.07) is 0. The third kappa shape index (κ3) is 4.30. The molecular weight excluding hydrogens is 361 g/mol. The van der Waals surface area contributed by atoms with E-state index in [1.54, 1.807) is 0 Å². The van der Waals surface area contributed by atoms with Crippen LogP contribution in [-0.2, 0) is 0 Å². The first kappa shape index (κ1) is 16.0. The minimum absolute atomic E-state index is 0.572. The van der Waals surface area contributed by atoms with Gasteiger partial charge in [-0.05, 0) is 60.6 Å². The van der Waals surface area contributed by atoms with Crippen molar-refractivity contribution in [1.82, 2.24) is 9.97 Å². The van der Waals surface area contributed by atoms with E-state index in [1.165, 1.54) is 38.5 Å². The summed E-state index contributed by atoms with van der Waals surface area (Å²) in [5.41, 5.74) is 0. The number of hydrogen-bond acceptors (Lipinski definition) is 3. The Morgan fingerprint density at radius 1 is 1.20 bits per heavy atom. The van der Waals surface area contributed by atoms with Crippen molar-refractivity contribution < 1.29 is 0 Å². The molecule has 0 aliphatic heterocycles. The van der Waals surface area contributed by atoms with Gasteiger partial charge in [-0.2, -0.15) is 0 Å².